The van der Waals surface area contributed by atoms with Crippen molar-refractivity contribution in [3.8, 4) is 0 Å². The third-order valence-electron chi connectivity index (χ3n) is 2.13. The van der Waals surface area contributed by atoms with Gasteiger partial charge in [-0.1, -0.05) is 24.3 Å². The highest BCUT2D eigenvalue weighted by Gasteiger charge is 2.12. The van der Waals surface area contributed by atoms with E-state index in [0.717, 1.165) is 10.8 Å². The van der Waals surface area contributed by atoms with Gasteiger partial charge in [-0.15, -0.1) is 12.6 Å². The summed E-state index contributed by atoms with van der Waals surface area (Å²) in [5, 5.41) is 6.84. The predicted octanol–water partition coefficient (Wildman–Crippen LogP) is 1.78. The molecule has 3 nitrogen and oxygen atoms in total. The Labute approximate surface area is 93.4 Å². The van der Waals surface area contributed by atoms with Gasteiger partial charge in [0.1, 0.15) is 0 Å². The third-order valence-corrected chi connectivity index (χ3v) is 3.61. The lowest BCUT2D eigenvalue weighted by Crippen LogP contribution is -2.12. The fraction of sp³-hybridized carbons (Fsp3) is 0. The molecule has 0 aliphatic rings. The van der Waals surface area contributed by atoms with Gasteiger partial charge < -0.3 is 0 Å². The Morgan fingerprint density at radius 3 is 2.13 bits per heavy atom. The van der Waals surface area contributed by atoms with Crippen LogP contribution in [0, 0.1) is 0 Å². The first-order valence-corrected chi connectivity index (χ1v) is 6.22. The molecule has 0 unspecified atom stereocenters. The van der Waals surface area contributed by atoms with Crippen molar-refractivity contribution in [2.24, 2.45) is 5.14 Å². The van der Waals surface area contributed by atoms with Crippen LogP contribution in [0.5, 0.6) is 0 Å². The van der Waals surface area contributed by atoms with Gasteiger partial charge in [0.05, 0.1) is 4.90 Å². The van der Waals surface area contributed by atoms with E-state index in [2.05, 4.69) is 12.6 Å². The van der Waals surface area contributed by atoms with E-state index < -0.39 is 10.0 Å². The summed E-state index contributed by atoms with van der Waals surface area (Å²) in [5.41, 5.74) is 0. The van der Waals surface area contributed by atoms with Crippen molar-refractivity contribution >= 4 is 33.4 Å². The minimum Gasteiger partial charge on any atom is -0.225 e. The van der Waals surface area contributed by atoms with Crippen molar-refractivity contribution < 1.29 is 8.42 Å². The second-order valence-electron chi connectivity index (χ2n) is 3.21. The summed E-state index contributed by atoms with van der Waals surface area (Å²) in [6.45, 7) is 0. The number of benzene rings is 2. The maximum atomic E-state index is 11.2. The van der Waals surface area contributed by atoms with Crippen molar-refractivity contribution in [1.29, 1.82) is 0 Å². The fourth-order valence-electron chi connectivity index (χ4n) is 1.44. The Kier molecular flexibility index (Phi) is 2.46. The molecule has 2 aromatic carbocycles. The average molecular weight is 239 g/mol. The Bertz CT molecular complexity index is 620. The van der Waals surface area contributed by atoms with Crippen LogP contribution in [0.1, 0.15) is 0 Å². The number of fused-ring (bicyclic) bond motifs is 1. The quantitative estimate of drug-likeness (QED) is 0.745. The minimum absolute atomic E-state index is 0.0598. The molecule has 0 radical (unpaired) electrons. The van der Waals surface area contributed by atoms with Gasteiger partial charge in [0.15, 0.2) is 0 Å². The summed E-state index contributed by atoms with van der Waals surface area (Å²) < 4.78 is 22.5. The normalized spacial score (nSPS) is 11.9. The zero-order valence-electron chi connectivity index (χ0n) is 7.71. The molecule has 0 spiro atoms. The summed E-state index contributed by atoms with van der Waals surface area (Å²) in [5.74, 6) is 0. The van der Waals surface area contributed by atoms with Gasteiger partial charge in [-0.05, 0) is 22.9 Å². The molecule has 0 heterocycles. The van der Waals surface area contributed by atoms with E-state index in [9.17, 15) is 8.42 Å². The van der Waals surface area contributed by atoms with Crippen molar-refractivity contribution in [3.05, 3.63) is 36.4 Å². The van der Waals surface area contributed by atoms with Gasteiger partial charge in [0.2, 0.25) is 10.0 Å². The Morgan fingerprint density at radius 1 is 1.07 bits per heavy atom. The molecular formula is C10H9NO2S2. The highest BCUT2D eigenvalue weighted by atomic mass is 32.2. The Hall–Kier alpha value is -1.04. The maximum Gasteiger partial charge on any atom is 0.239 e. The summed E-state index contributed by atoms with van der Waals surface area (Å²) in [6.07, 6.45) is 0. The highest BCUT2D eigenvalue weighted by molar-refractivity contribution is 7.90. The second kappa shape index (κ2) is 3.52. The molecule has 0 aliphatic heterocycles. The molecule has 0 aliphatic carbocycles. The molecule has 0 bridgehead atoms. The molecule has 0 saturated heterocycles. The zero-order valence-corrected chi connectivity index (χ0v) is 9.42. The first-order valence-electron chi connectivity index (χ1n) is 4.23. The number of hydrogen-bond acceptors (Lipinski definition) is 3. The molecule has 0 fully saturated rings. The second-order valence-corrected chi connectivity index (χ2v) is 5.22. The van der Waals surface area contributed by atoms with Crippen molar-refractivity contribution in [1.82, 2.24) is 0 Å². The molecule has 5 heteroatoms. The molecular weight excluding hydrogens is 230 g/mol. The fourth-order valence-corrected chi connectivity index (χ4v) is 2.66. The summed E-state index contributed by atoms with van der Waals surface area (Å²) in [7, 11) is -3.70. The molecule has 0 amide bonds. The lowest BCUT2D eigenvalue weighted by Gasteiger charge is -2.04. The van der Waals surface area contributed by atoms with Crippen LogP contribution in [-0.4, -0.2) is 8.42 Å². The largest absolute Gasteiger partial charge is 0.239 e. The minimum atomic E-state index is -3.70. The van der Waals surface area contributed by atoms with Crippen molar-refractivity contribution in [3.63, 3.8) is 0 Å². The predicted molar refractivity (Wildman–Crippen MR) is 62.6 cm³/mol. The lowest BCUT2D eigenvalue weighted by atomic mass is 10.1. The summed E-state index contributed by atoms with van der Waals surface area (Å²) in [4.78, 5) is 0.431. The van der Waals surface area contributed by atoms with Gasteiger partial charge in [-0.3, -0.25) is 0 Å². The lowest BCUT2D eigenvalue weighted by molar-refractivity contribution is 0.596. The number of hydrogen-bond donors (Lipinski definition) is 2. The molecule has 2 rings (SSSR count). The maximum absolute atomic E-state index is 11.2. The highest BCUT2D eigenvalue weighted by Crippen LogP contribution is 2.25. The molecule has 0 aromatic heterocycles. The van der Waals surface area contributed by atoms with Crippen LogP contribution in [0.15, 0.2) is 46.2 Å². The third kappa shape index (κ3) is 1.99. The molecule has 0 atom stereocenters. The number of primary sulfonamides is 1. The van der Waals surface area contributed by atoms with E-state index in [1.165, 1.54) is 6.07 Å². The van der Waals surface area contributed by atoms with E-state index in [-0.39, 0.29) is 4.90 Å². The Balaban J connectivity index is 2.84. The zero-order chi connectivity index (χ0) is 11.1. The first kappa shape index (κ1) is 10.5. The molecule has 78 valence electrons. The smallest absolute Gasteiger partial charge is 0.225 e. The number of rotatable bonds is 1. The Morgan fingerprint density at radius 2 is 1.60 bits per heavy atom. The van der Waals surface area contributed by atoms with Gasteiger partial charge in [-0.25, -0.2) is 13.6 Å². The number of nitrogens with two attached hydrogens (primary N) is 1. The van der Waals surface area contributed by atoms with Crippen LogP contribution >= 0.6 is 12.6 Å². The van der Waals surface area contributed by atoms with Crippen LogP contribution in [0.4, 0.5) is 0 Å². The van der Waals surface area contributed by atoms with Crippen molar-refractivity contribution in [2.75, 3.05) is 0 Å². The first-order chi connectivity index (χ1) is 6.98. The van der Waals surface area contributed by atoms with Gasteiger partial charge in [0, 0.05) is 4.90 Å². The molecule has 15 heavy (non-hydrogen) atoms. The van der Waals surface area contributed by atoms with E-state index in [4.69, 9.17) is 5.14 Å². The standard InChI is InChI=1S/C10H9NO2S2/c11-15(12,13)10-6-8-4-2-1-3-7(8)5-9(10)14/h1-6,14H,(H2,11,12,13). The average Bonchev–Trinajstić information content (AvgIpc) is 2.15. The number of sulfonamides is 1. The van der Waals surface area contributed by atoms with Crippen LogP contribution in [-0.2, 0) is 10.0 Å². The van der Waals surface area contributed by atoms with E-state index in [0.29, 0.717) is 4.90 Å². The molecule has 2 N–H and O–H groups in total. The molecule has 0 saturated carbocycles. The van der Waals surface area contributed by atoms with Gasteiger partial charge >= 0.3 is 0 Å². The van der Waals surface area contributed by atoms with Crippen LogP contribution < -0.4 is 5.14 Å². The van der Waals surface area contributed by atoms with Crippen molar-refractivity contribution in [2.45, 2.75) is 9.79 Å². The molecule has 2 aromatic rings. The summed E-state index contributed by atoms with van der Waals surface area (Å²) >= 11 is 4.11. The summed E-state index contributed by atoms with van der Waals surface area (Å²) in [6, 6.07) is 10.7. The monoisotopic (exact) mass is 239 g/mol. The van der Waals surface area contributed by atoms with E-state index in [1.807, 2.05) is 24.3 Å². The van der Waals surface area contributed by atoms with Crippen LogP contribution in [0.2, 0.25) is 0 Å². The van der Waals surface area contributed by atoms with E-state index >= 15 is 0 Å². The van der Waals surface area contributed by atoms with Crippen LogP contribution in [0.3, 0.4) is 0 Å². The SMILES string of the molecule is NS(=O)(=O)c1cc2ccccc2cc1S. The van der Waals surface area contributed by atoms with Gasteiger partial charge in [-0.2, -0.15) is 0 Å². The number of thiol groups is 1. The van der Waals surface area contributed by atoms with Gasteiger partial charge in [0.25, 0.3) is 0 Å². The topological polar surface area (TPSA) is 60.2 Å². The van der Waals surface area contributed by atoms with Crippen LogP contribution in [0.25, 0.3) is 10.8 Å². The van der Waals surface area contributed by atoms with E-state index in [1.54, 1.807) is 6.07 Å².